The number of anilines is 2. The van der Waals surface area contributed by atoms with Gasteiger partial charge in [-0.15, -0.1) is 11.3 Å². The molecule has 20 heavy (non-hydrogen) atoms. The van der Waals surface area contributed by atoms with Crippen LogP contribution in [0.5, 0.6) is 0 Å². The third kappa shape index (κ3) is 3.52. The lowest BCUT2D eigenvalue weighted by molar-refractivity contribution is 0.0993. The fourth-order valence-electron chi connectivity index (χ4n) is 2.33. The van der Waals surface area contributed by atoms with Gasteiger partial charge >= 0.3 is 0 Å². The maximum Gasteiger partial charge on any atom is 0.174 e. The van der Waals surface area contributed by atoms with Crippen molar-refractivity contribution in [3.05, 3.63) is 10.4 Å². The van der Waals surface area contributed by atoms with Crippen LogP contribution in [0.15, 0.2) is 0 Å². The number of hydrogen-bond donors (Lipinski definition) is 2. The van der Waals surface area contributed by atoms with Gasteiger partial charge in [-0.1, -0.05) is 6.92 Å². The van der Waals surface area contributed by atoms with Crippen molar-refractivity contribution in [3.8, 4) is 0 Å². The summed E-state index contributed by atoms with van der Waals surface area (Å²) in [6.07, 6.45) is 4.01. The van der Waals surface area contributed by atoms with E-state index < -0.39 is 0 Å². The predicted molar refractivity (Wildman–Crippen MR) is 87.0 cm³/mol. The molecule has 0 aromatic carbocycles. The number of nitrogens with zero attached hydrogens (tertiary/aromatic N) is 1. The van der Waals surface area contributed by atoms with Crippen LogP contribution in [-0.4, -0.2) is 37.9 Å². The Hall–Kier alpha value is -1.07. The van der Waals surface area contributed by atoms with Crippen molar-refractivity contribution in [3.63, 3.8) is 0 Å². The summed E-state index contributed by atoms with van der Waals surface area (Å²) in [7, 11) is 4.16. The Morgan fingerprint density at radius 2 is 2.15 bits per heavy atom. The molecule has 1 aromatic rings. The van der Waals surface area contributed by atoms with E-state index in [2.05, 4.69) is 24.3 Å². The number of hydrogen-bond acceptors (Lipinski definition) is 5. The van der Waals surface area contributed by atoms with Gasteiger partial charge in [0.2, 0.25) is 0 Å². The molecule has 1 aliphatic rings. The molecule has 5 heteroatoms. The number of rotatable bonds is 8. The topological polar surface area (TPSA) is 58.4 Å². The van der Waals surface area contributed by atoms with Crippen molar-refractivity contribution < 1.29 is 4.79 Å². The highest BCUT2D eigenvalue weighted by Gasteiger charge is 2.32. The molecule has 1 fully saturated rings. The molecule has 2 rings (SSSR count). The summed E-state index contributed by atoms with van der Waals surface area (Å²) in [5.74, 6) is 0.733. The van der Waals surface area contributed by atoms with Crippen molar-refractivity contribution in [2.24, 2.45) is 0 Å². The summed E-state index contributed by atoms with van der Waals surface area (Å²) >= 11 is 1.55. The van der Waals surface area contributed by atoms with Crippen LogP contribution in [0.2, 0.25) is 0 Å². The molecule has 0 unspecified atom stereocenters. The standard InChI is InChI=1S/C15H25N3OS/c1-4-11(19)14-13(16)12(10-6-7-10)15(20-14)17-8-5-9-18(2)3/h10,17H,4-9,16H2,1-3H3. The molecule has 1 aromatic heterocycles. The lowest BCUT2D eigenvalue weighted by Gasteiger charge is -2.11. The van der Waals surface area contributed by atoms with Gasteiger partial charge in [-0.05, 0) is 45.8 Å². The Labute approximate surface area is 125 Å². The minimum absolute atomic E-state index is 0.163. The van der Waals surface area contributed by atoms with Crippen LogP contribution >= 0.6 is 11.3 Å². The molecule has 3 N–H and O–H groups in total. The quantitative estimate of drug-likeness (QED) is 0.571. The number of thiophene rings is 1. The molecule has 1 saturated carbocycles. The molecule has 0 spiro atoms. The second-order valence-corrected chi connectivity index (χ2v) is 6.74. The molecule has 0 bridgehead atoms. The molecule has 0 atom stereocenters. The van der Waals surface area contributed by atoms with Crippen LogP contribution in [0.3, 0.4) is 0 Å². The Morgan fingerprint density at radius 3 is 2.70 bits per heavy atom. The third-order valence-electron chi connectivity index (χ3n) is 3.61. The van der Waals surface area contributed by atoms with E-state index in [9.17, 15) is 4.79 Å². The van der Waals surface area contributed by atoms with Crippen molar-refractivity contribution in [2.75, 3.05) is 38.2 Å². The molecule has 112 valence electrons. The van der Waals surface area contributed by atoms with Crippen LogP contribution in [0.25, 0.3) is 0 Å². The summed E-state index contributed by atoms with van der Waals surface area (Å²) in [5, 5.41) is 4.62. The Morgan fingerprint density at radius 1 is 1.45 bits per heavy atom. The first-order valence-electron chi connectivity index (χ1n) is 7.38. The maximum absolute atomic E-state index is 12.0. The molecule has 0 amide bonds. The average Bonchev–Trinajstić information content (AvgIpc) is 3.18. The first-order chi connectivity index (χ1) is 9.54. The molecule has 1 heterocycles. The first kappa shape index (κ1) is 15.3. The number of ketones is 1. The van der Waals surface area contributed by atoms with Gasteiger partial charge in [0.15, 0.2) is 5.78 Å². The number of nitrogen functional groups attached to an aromatic ring is 1. The molecular formula is C15H25N3OS. The molecule has 0 radical (unpaired) electrons. The molecule has 0 saturated heterocycles. The minimum atomic E-state index is 0.163. The summed E-state index contributed by atoms with van der Waals surface area (Å²) in [6, 6.07) is 0. The van der Waals surface area contributed by atoms with Crippen LogP contribution in [-0.2, 0) is 0 Å². The second-order valence-electron chi connectivity index (χ2n) is 5.72. The SMILES string of the molecule is CCC(=O)c1sc(NCCCN(C)C)c(C2CC2)c1N. The van der Waals surface area contributed by atoms with E-state index in [0.29, 0.717) is 12.3 Å². The number of nitrogens with two attached hydrogens (primary N) is 1. The fraction of sp³-hybridized carbons (Fsp3) is 0.667. The first-order valence-corrected chi connectivity index (χ1v) is 8.20. The monoisotopic (exact) mass is 295 g/mol. The zero-order valence-corrected chi connectivity index (χ0v) is 13.5. The summed E-state index contributed by atoms with van der Waals surface area (Å²) in [4.78, 5) is 14.9. The average molecular weight is 295 g/mol. The second kappa shape index (κ2) is 6.59. The van der Waals surface area contributed by atoms with E-state index in [1.807, 2.05) is 6.92 Å². The highest BCUT2D eigenvalue weighted by atomic mass is 32.1. The van der Waals surface area contributed by atoms with Crippen LogP contribution in [0.4, 0.5) is 10.7 Å². The van der Waals surface area contributed by atoms with Gasteiger partial charge in [0.25, 0.3) is 0 Å². The van der Waals surface area contributed by atoms with E-state index >= 15 is 0 Å². The summed E-state index contributed by atoms with van der Waals surface area (Å²) in [6.45, 7) is 3.88. The summed E-state index contributed by atoms with van der Waals surface area (Å²) in [5.41, 5.74) is 8.16. The highest BCUT2D eigenvalue weighted by Crippen LogP contribution is 2.50. The smallest absolute Gasteiger partial charge is 0.174 e. The number of Topliss-reactive ketones (excluding diaryl/α,β-unsaturated/α-hetero) is 1. The van der Waals surface area contributed by atoms with Gasteiger partial charge in [-0.3, -0.25) is 4.79 Å². The zero-order valence-electron chi connectivity index (χ0n) is 12.7. The van der Waals surface area contributed by atoms with Gasteiger partial charge in [0.05, 0.1) is 15.6 Å². The van der Waals surface area contributed by atoms with Gasteiger partial charge in [0.1, 0.15) is 0 Å². The predicted octanol–water partition coefficient (Wildman–Crippen LogP) is 3.16. The maximum atomic E-state index is 12.0. The van der Waals surface area contributed by atoms with E-state index in [1.165, 1.54) is 18.4 Å². The van der Waals surface area contributed by atoms with E-state index in [4.69, 9.17) is 5.73 Å². The molecule has 1 aliphatic carbocycles. The normalized spacial score (nSPS) is 14.8. The van der Waals surface area contributed by atoms with Gasteiger partial charge < -0.3 is 16.0 Å². The van der Waals surface area contributed by atoms with Gasteiger partial charge in [-0.2, -0.15) is 0 Å². The van der Waals surface area contributed by atoms with E-state index in [0.717, 1.165) is 35.1 Å². The zero-order chi connectivity index (χ0) is 14.7. The minimum Gasteiger partial charge on any atom is -0.397 e. The van der Waals surface area contributed by atoms with Gasteiger partial charge in [-0.25, -0.2) is 0 Å². The third-order valence-corrected chi connectivity index (χ3v) is 4.83. The number of nitrogens with one attached hydrogen (secondary N) is 1. The Balaban J connectivity index is 2.08. The van der Waals surface area contributed by atoms with Crippen molar-refractivity contribution >= 4 is 27.8 Å². The lowest BCUT2D eigenvalue weighted by Crippen LogP contribution is -2.16. The van der Waals surface area contributed by atoms with Crippen molar-refractivity contribution in [1.82, 2.24) is 4.90 Å². The largest absolute Gasteiger partial charge is 0.397 e. The number of carbonyl (C=O) groups is 1. The van der Waals surface area contributed by atoms with Crippen molar-refractivity contribution in [2.45, 2.75) is 38.5 Å². The van der Waals surface area contributed by atoms with Crippen LogP contribution in [0.1, 0.15) is 53.8 Å². The van der Waals surface area contributed by atoms with Crippen LogP contribution < -0.4 is 11.1 Å². The van der Waals surface area contributed by atoms with E-state index in [1.54, 1.807) is 11.3 Å². The molecule has 0 aliphatic heterocycles. The van der Waals surface area contributed by atoms with Crippen LogP contribution in [0, 0.1) is 0 Å². The van der Waals surface area contributed by atoms with E-state index in [-0.39, 0.29) is 5.78 Å². The van der Waals surface area contributed by atoms with Gasteiger partial charge in [0, 0.05) is 18.5 Å². The number of carbonyl (C=O) groups excluding carboxylic acids is 1. The Bertz CT molecular complexity index is 478. The van der Waals surface area contributed by atoms with Crippen molar-refractivity contribution in [1.29, 1.82) is 0 Å². The highest BCUT2D eigenvalue weighted by molar-refractivity contribution is 7.18. The Kier molecular flexibility index (Phi) is 5.05. The summed E-state index contributed by atoms with van der Waals surface area (Å²) < 4.78 is 0. The molecule has 4 nitrogen and oxygen atoms in total. The fourth-order valence-corrected chi connectivity index (χ4v) is 3.57. The molecular weight excluding hydrogens is 270 g/mol. The lowest BCUT2D eigenvalue weighted by atomic mass is 10.1.